The summed E-state index contributed by atoms with van der Waals surface area (Å²) in [5, 5.41) is 9.06. The van der Waals surface area contributed by atoms with Gasteiger partial charge in [0, 0.05) is 11.8 Å². The van der Waals surface area contributed by atoms with Gasteiger partial charge < -0.3 is 4.74 Å². The Labute approximate surface area is 87.5 Å². The monoisotopic (exact) mass is 202 g/mol. The highest BCUT2D eigenvalue weighted by molar-refractivity contribution is 5.89. The predicted octanol–water partition coefficient (Wildman–Crippen LogP) is 1.42. The molecular formula is C11H10N2O2. The molecule has 1 heterocycles. The number of ether oxygens (including phenoxy) is 1. The lowest BCUT2D eigenvalue weighted by Crippen LogP contribution is -2.14. The number of aromatic nitrogens is 1. The molecule has 0 radical (unpaired) electrons. The molecule has 15 heavy (non-hydrogen) atoms. The smallest absolute Gasteiger partial charge is 0.356 e. The maximum atomic E-state index is 11.4. The molecule has 0 saturated heterocycles. The van der Waals surface area contributed by atoms with E-state index in [1.807, 2.05) is 0 Å². The molecule has 0 atom stereocenters. The fourth-order valence-electron chi connectivity index (χ4n) is 1.62. The van der Waals surface area contributed by atoms with E-state index in [-0.39, 0.29) is 5.69 Å². The Morgan fingerprint density at radius 3 is 2.93 bits per heavy atom. The summed E-state index contributed by atoms with van der Waals surface area (Å²) in [6.07, 6.45) is 3.11. The Balaban J connectivity index is 2.49. The van der Waals surface area contributed by atoms with Crippen LogP contribution in [0, 0.1) is 11.3 Å². The minimum absolute atomic E-state index is 0.263. The molecular weight excluding hydrogens is 192 g/mol. The van der Waals surface area contributed by atoms with Gasteiger partial charge in [0.2, 0.25) is 0 Å². The van der Waals surface area contributed by atoms with Crippen molar-refractivity contribution < 1.29 is 9.53 Å². The number of hydrogen-bond acceptors (Lipinski definition) is 4. The van der Waals surface area contributed by atoms with Gasteiger partial charge in [-0.05, 0) is 18.9 Å². The highest BCUT2D eigenvalue weighted by atomic mass is 16.5. The van der Waals surface area contributed by atoms with E-state index >= 15 is 0 Å². The Kier molecular flexibility index (Phi) is 2.16. The number of esters is 1. The third-order valence-electron chi connectivity index (χ3n) is 2.67. The minimum atomic E-state index is -0.502. The fraction of sp³-hybridized carbons (Fsp3) is 0.364. The Morgan fingerprint density at radius 1 is 1.67 bits per heavy atom. The van der Waals surface area contributed by atoms with E-state index < -0.39 is 11.4 Å². The van der Waals surface area contributed by atoms with Crippen LogP contribution < -0.4 is 0 Å². The molecule has 1 aromatic heterocycles. The zero-order valence-corrected chi connectivity index (χ0v) is 8.36. The topological polar surface area (TPSA) is 63.0 Å². The van der Waals surface area contributed by atoms with Gasteiger partial charge in [-0.3, -0.25) is 0 Å². The summed E-state index contributed by atoms with van der Waals surface area (Å²) in [5.74, 6) is -0.480. The second-order valence-electron chi connectivity index (χ2n) is 3.59. The number of rotatable bonds is 2. The van der Waals surface area contributed by atoms with Crippen LogP contribution in [0.15, 0.2) is 18.3 Å². The van der Waals surface area contributed by atoms with Gasteiger partial charge in [-0.2, -0.15) is 5.26 Å². The van der Waals surface area contributed by atoms with E-state index in [1.165, 1.54) is 13.3 Å². The van der Waals surface area contributed by atoms with Gasteiger partial charge in [-0.15, -0.1) is 0 Å². The molecule has 1 aromatic rings. The Bertz CT molecular complexity index is 444. The molecule has 2 rings (SSSR count). The van der Waals surface area contributed by atoms with E-state index in [1.54, 1.807) is 12.1 Å². The molecule has 1 fully saturated rings. The zero-order chi connectivity index (χ0) is 10.9. The highest BCUT2D eigenvalue weighted by Crippen LogP contribution is 2.48. The number of methoxy groups -OCH3 is 1. The van der Waals surface area contributed by atoms with Gasteiger partial charge in [-0.25, -0.2) is 9.78 Å². The van der Waals surface area contributed by atoms with Crippen molar-refractivity contribution >= 4 is 5.97 Å². The number of nitriles is 1. The quantitative estimate of drug-likeness (QED) is 0.680. The van der Waals surface area contributed by atoms with E-state index in [4.69, 9.17) is 5.26 Å². The number of carbonyl (C=O) groups excluding carboxylic acids is 1. The summed E-state index contributed by atoms with van der Waals surface area (Å²) < 4.78 is 4.63. The molecule has 1 aliphatic rings. The molecule has 1 saturated carbocycles. The minimum Gasteiger partial charge on any atom is -0.464 e. The molecule has 76 valence electrons. The van der Waals surface area contributed by atoms with Crippen molar-refractivity contribution in [3.8, 4) is 6.07 Å². The standard InChI is InChI=1S/C11H10N2O2/c1-15-10(14)9-8(3-2-6-13-9)11(7-12)4-5-11/h2-3,6H,4-5H2,1H3. The predicted molar refractivity (Wildman–Crippen MR) is 52.1 cm³/mol. The van der Waals surface area contributed by atoms with Crippen LogP contribution in [0.5, 0.6) is 0 Å². The second kappa shape index (κ2) is 3.35. The van der Waals surface area contributed by atoms with Crippen LogP contribution >= 0.6 is 0 Å². The van der Waals surface area contributed by atoms with Crippen molar-refractivity contribution in [1.82, 2.24) is 4.98 Å². The number of hydrogen-bond donors (Lipinski definition) is 0. The maximum Gasteiger partial charge on any atom is 0.356 e. The average molecular weight is 202 g/mol. The average Bonchev–Trinajstić information content (AvgIpc) is 3.09. The molecule has 0 N–H and O–H groups in total. The first-order valence-corrected chi connectivity index (χ1v) is 4.68. The van der Waals surface area contributed by atoms with Gasteiger partial charge in [0.05, 0.1) is 18.6 Å². The third-order valence-corrected chi connectivity index (χ3v) is 2.67. The van der Waals surface area contributed by atoms with E-state index in [9.17, 15) is 4.79 Å². The molecule has 0 unspecified atom stereocenters. The van der Waals surface area contributed by atoms with Crippen LogP contribution in [-0.2, 0) is 10.2 Å². The molecule has 0 aromatic carbocycles. The van der Waals surface area contributed by atoms with Crippen molar-refractivity contribution in [2.75, 3.05) is 7.11 Å². The lowest BCUT2D eigenvalue weighted by atomic mass is 9.96. The largest absolute Gasteiger partial charge is 0.464 e. The number of carbonyl (C=O) groups is 1. The van der Waals surface area contributed by atoms with Crippen LogP contribution in [0.4, 0.5) is 0 Å². The van der Waals surface area contributed by atoms with Gasteiger partial charge in [0.25, 0.3) is 0 Å². The molecule has 0 spiro atoms. The van der Waals surface area contributed by atoms with Gasteiger partial charge >= 0.3 is 5.97 Å². The van der Waals surface area contributed by atoms with E-state index in [0.29, 0.717) is 5.56 Å². The summed E-state index contributed by atoms with van der Waals surface area (Å²) >= 11 is 0. The van der Waals surface area contributed by atoms with Crippen LogP contribution in [0.25, 0.3) is 0 Å². The summed E-state index contributed by atoms with van der Waals surface area (Å²) in [6, 6.07) is 5.75. The molecule has 0 bridgehead atoms. The van der Waals surface area contributed by atoms with Crippen molar-refractivity contribution in [3.05, 3.63) is 29.6 Å². The van der Waals surface area contributed by atoms with Crippen molar-refractivity contribution in [3.63, 3.8) is 0 Å². The van der Waals surface area contributed by atoms with Crippen molar-refractivity contribution in [1.29, 1.82) is 5.26 Å². The molecule has 0 aliphatic heterocycles. The molecule has 4 heteroatoms. The zero-order valence-electron chi connectivity index (χ0n) is 8.36. The van der Waals surface area contributed by atoms with Crippen molar-refractivity contribution in [2.24, 2.45) is 0 Å². The van der Waals surface area contributed by atoms with Gasteiger partial charge in [0.1, 0.15) is 0 Å². The summed E-state index contributed by atoms with van der Waals surface area (Å²) in [4.78, 5) is 15.4. The molecule has 1 aliphatic carbocycles. The Hall–Kier alpha value is -1.89. The number of pyridine rings is 1. The van der Waals surface area contributed by atoms with Crippen LogP contribution in [0.2, 0.25) is 0 Å². The summed E-state index contributed by atoms with van der Waals surface area (Å²) in [5.41, 5.74) is 0.455. The Morgan fingerprint density at radius 2 is 2.40 bits per heavy atom. The molecule has 0 amide bonds. The third kappa shape index (κ3) is 1.46. The van der Waals surface area contributed by atoms with Crippen LogP contribution in [0.1, 0.15) is 28.9 Å². The molecule has 4 nitrogen and oxygen atoms in total. The normalized spacial score (nSPS) is 16.5. The van der Waals surface area contributed by atoms with E-state index in [0.717, 1.165) is 12.8 Å². The maximum absolute atomic E-state index is 11.4. The second-order valence-corrected chi connectivity index (χ2v) is 3.59. The SMILES string of the molecule is COC(=O)c1ncccc1C1(C#N)CC1. The first-order chi connectivity index (χ1) is 7.23. The lowest BCUT2D eigenvalue weighted by molar-refractivity contribution is 0.0592. The van der Waals surface area contributed by atoms with Gasteiger partial charge in [-0.1, -0.05) is 6.07 Å². The van der Waals surface area contributed by atoms with Gasteiger partial charge in [0.15, 0.2) is 5.69 Å². The summed E-state index contributed by atoms with van der Waals surface area (Å²) in [6.45, 7) is 0. The first-order valence-electron chi connectivity index (χ1n) is 4.68. The van der Waals surface area contributed by atoms with Crippen LogP contribution in [0.3, 0.4) is 0 Å². The highest BCUT2D eigenvalue weighted by Gasteiger charge is 2.47. The van der Waals surface area contributed by atoms with E-state index in [2.05, 4.69) is 15.8 Å². The van der Waals surface area contributed by atoms with Crippen LogP contribution in [-0.4, -0.2) is 18.1 Å². The lowest BCUT2D eigenvalue weighted by Gasteiger charge is -2.09. The van der Waals surface area contributed by atoms with Crippen molar-refractivity contribution in [2.45, 2.75) is 18.3 Å². The fourth-order valence-corrected chi connectivity index (χ4v) is 1.62. The number of nitrogens with zero attached hydrogens (tertiary/aromatic N) is 2. The summed E-state index contributed by atoms with van der Waals surface area (Å²) in [7, 11) is 1.31. The first kappa shape index (κ1) is 9.66.